The molecular weight excluding hydrogens is 198 g/mol. The summed E-state index contributed by atoms with van der Waals surface area (Å²) in [6, 6.07) is 0. The molecule has 0 saturated carbocycles. The molecule has 6 heteroatoms. The van der Waals surface area contributed by atoms with Crippen molar-refractivity contribution in [1.29, 1.82) is 0 Å². The zero-order valence-electron chi connectivity index (χ0n) is 7.99. The van der Waals surface area contributed by atoms with Crippen LogP contribution in [0.5, 0.6) is 0 Å². The fourth-order valence-electron chi connectivity index (χ4n) is 0.659. The minimum absolute atomic E-state index is 0.0494. The maximum absolute atomic E-state index is 11.7. The summed E-state index contributed by atoms with van der Waals surface area (Å²) < 4.78 is 37.6. The Labute approximate surface area is 78.0 Å². The second-order valence-corrected chi connectivity index (χ2v) is 3.83. The van der Waals surface area contributed by atoms with E-state index in [1.54, 1.807) is 13.8 Å². The molecule has 0 saturated heterocycles. The molecule has 0 rings (SSSR count). The summed E-state index contributed by atoms with van der Waals surface area (Å²) in [5.41, 5.74) is 0. The van der Waals surface area contributed by atoms with Gasteiger partial charge in [0.05, 0.1) is 26.5 Å². The van der Waals surface area contributed by atoms with E-state index in [0.717, 1.165) is 0 Å². The Kier molecular flexibility index (Phi) is 7.47. The minimum atomic E-state index is -3.42. The van der Waals surface area contributed by atoms with Crippen LogP contribution in [-0.2, 0) is 18.1 Å². The van der Waals surface area contributed by atoms with Crippen molar-refractivity contribution in [2.75, 3.05) is 26.5 Å². The quantitative estimate of drug-likeness (QED) is 0.460. The molecule has 0 aliphatic carbocycles. The molecule has 0 amide bonds. The maximum atomic E-state index is 11.7. The van der Waals surface area contributed by atoms with Crippen LogP contribution in [0.2, 0.25) is 0 Å². The van der Waals surface area contributed by atoms with Gasteiger partial charge in [0.25, 0.3) is 0 Å². The summed E-state index contributed by atoms with van der Waals surface area (Å²) >= 11 is 0. The van der Waals surface area contributed by atoms with Crippen molar-refractivity contribution in [3.05, 3.63) is 0 Å². The van der Waals surface area contributed by atoms with Gasteiger partial charge in [-0.1, -0.05) is 0 Å². The molecule has 0 aromatic rings. The van der Waals surface area contributed by atoms with E-state index in [1.807, 2.05) is 0 Å². The second kappa shape index (κ2) is 7.44. The van der Waals surface area contributed by atoms with E-state index in [4.69, 9.17) is 13.6 Å². The van der Waals surface area contributed by atoms with Crippen LogP contribution in [-0.4, -0.2) is 26.5 Å². The predicted molar refractivity (Wildman–Crippen MR) is 47.4 cm³/mol. The van der Waals surface area contributed by atoms with E-state index in [0.29, 0.717) is 0 Å². The highest BCUT2D eigenvalue weighted by atomic mass is 31.2. The molecule has 0 heterocycles. The van der Waals surface area contributed by atoms with E-state index in [2.05, 4.69) is 0 Å². The van der Waals surface area contributed by atoms with Gasteiger partial charge in [0, 0.05) is 0 Å². The lowest BCUT2D eigenvalue weighted by Crippen LogP contribution is -2.01. The average molecular weight is 214 g/mol. The average Bonchev–Trinajstić information content (AvgIpc) is 2.05. The molecule has 0 radical (unpaired) electrons. The van der Waals surface area contributed by atoms with Gasteiger partial charge >= 0.3 is 7.82 Å². The maximum Gasteiger partial charge on any atom is 0.474 e. The SMILES string of the molecule is CCOP(=O)(OCC)OCCCF. The van der Waals surface area contributed by atoms with Gasteiger partial charge in [-0.3, -0.25) is 18.0 Å². The molecule has 0 unspecified atom stereocenters. The van der Waals surface area contributed by atoms with Gasteiger partial charge < -0.3 is 0 Å². The normalized spacial score (nSPS) is 11.9. The van der Waals surface area contributed by atoms with Crippen molar-refractivity contribution < 1.29 is 22.5 Å². The van der Waals surface area contributed by atoms with Crippen LogP contribution in [0.1, 0.15) is 20.3 Å². The number of alkyl halides is 1. The van der Waals surface area contributed by atoms with Crippen molar-refractivity contribution >= 4 is 7.82 Å². The molecule has 0 aromatic carbocycles. The van der Waals surface area contributed by atoms with Crippen LogP contribution in [0.15, 0.2) is 0 Å². The van der Waals surface area contributed by atoms with Crippen LogP contribution < -0.4 is 0 Å². The highest BCUT2D eigenvalue weighted by Crippen LogP contribution is 2.49. The predicted octanol–water partition coefficient (Wildman–Crippen LogP) is 2.54. The third kappa shape index (κ3) is 6.16. The molecule has 13 heavy (non-hydrogen) atoms. The van der Waals surface area contributed by atoms with Gasteiger partial charge in [0.1, 0.15) is 0 Å². The monoisotopic (exact) mass is 214 g/mol. The number of rotatable bonds is 8. The van der Waals surface area contributed by atoms with Gasteiger partial charge in [-0.2, -0.15) is 0 Å². The van der Waals surface area contributed by atoms with Crippen LogP contribution in [0.3, 0.4) is 0 Å². The third-order valence-corrected chi connectivity index (χ3v) is 2.75. The standard InChI is InChI=1S/C7H16FO4P/c1-3-10-13(9,11-4-2)12-7-5-6-8/h3-7H2,1-2H3. The van der Waals surface area contributed by atoms with Crippen LogP contribution >= 0.6 is 7.82 Å². The van der Waals surface area contributed by atoms with Gasteiger partial charge in [-0.25, -0.2) is 4.57 Å². The Bertz CT molecular complexity index is 155. The van der Waals surface area contributed by atoms with Gasteiger partial charge in [-0.15, -0.1) is 0 Å². The number of phosphoric ester groups is 1. The molecule has 0 spiro atoms. The Morgan fingerprint density at radius 3 is 2.08 bits per heavy atom. The summed E-state index contributed by atoms with van der Waals surface area (Å²) in [4.78, 5) is 0. The van der Waals surface area contributed by atoms with E-state index in [1.165, 1.54) is 0 Å². The van der Waals surface area contributed by atoms with Crippen molar-refractivity contribution in [1.82, 2.24) is 0 Å². The second-order valence-electron chi connectivity index (χ2n) is 2.16. The third-order valence-electron chi connectivity index (χ3n) is 1.10. The van der Waals surface area contributed by atoms with Crippen molar-refractivity contribution in [2.24, 2.45) is 0 Å². The summed E-state index contributed by atoms with van der Waals surface area (Å²) in [6.45, 7) is 3.40. The van der Waals surface area contributed by atoms with E-state index < -0.39 is 14.5 Å². The summed E-state index contributed by atoms with van der Waals surface area (Å²) in [5.74, 6) is 0. The molecule has 0 fully saturated rings. The largest absolute Gasteiger partial charge is 0.474 e. The minimum Gasteiger partial charge on any atom is -0.287 e. The van der Waals surface area contributed by atoms with E-state index in [9.17, 15) is 8.96 Å². The zero-order valence-corrected chi connectivity index (χ0v) is 8.89. The number of hydrogen-bond acceptors (Lipinski definition) is 4. The lowest BCUT2D eigenvalue weighted by atomic mass is 10.5. The van der Waals surface area contributed by atoms with E-state index in [-0.39, 0.29) is 26.2 Å². The van der Waals surface area contributed by atoms with Crippen molar-refractivity contribution in [3.63, 3.8) is 0 Å². The Morgan fingerprint density at radius 2 is 1.69 bits per heavy atom. The lowest BCUT2D eigenvalue weighted by molar-refractivity contribution is 0.119. The molecule has 0 bridgehead atoms. The fraction of sp³-hybridized carbons (Fsp3) is 1.00. The molecule has 0 aliphatic rings. The summed E-state index contributed by atoms with van der Waals surface area (Å²) in [6.07, 6.45) is 0.199. The lowest BCUT2D eigenvalue weighted by Gasteiger charge is -2.15. The number of hydrogen-bond donors (Lipinski definition) is 0. The van der Waals surface area contributed by atoms with Gasteiger partial charge in [0.15, 0.2) is 0 Å². The summed E-state index contributed by atoms with van der Waals surface area (Å²) in [5, 5.41) is 0. The zero-order chi connectivity index (χ0) is 10.2. The first-order valence-corrected chi connectivity index (χ1v) is 5.74. The molecule has 4 nitrogen and oxygen atoms in total. The molecule has 0 atom stereocenters. The van der Waals surface area contributed by atoms with Crippen LogP contribution in [0.4, 0.5) is 4.39 Å². The number of halogens is 1. The number of phosphoric acid groups is 1. The molecular formula is C7H16FO4P. The Morgan fingerprint density at radius 1 is 1.15 bits per heavy atom. The van der Waals surface area contributed by atoms with Crippen LogP contribution in [0, 0.1) is 0 Å². The van der Waals surface area contributed by atoms with Crippen molar-refractivity contribution in [3.8, 4) is 0 Å². The Hall–Kier alpha value is 0.0400. The van der Waals surface area contributed by atoms with E-state index >= 15 is 0 Å². The molecule has 0 N–H and O–H groups in total. The molecule has 80 valence electrons. The van der Waals surface area contributed by atoms with Gasteiger partial charge in [-0.05, 0) is 20.3 Å². The molecule has 0 aliphatic heterocycles. The topological polar surface area (TPSA) is 44.8 Å². The Balaban J connectivity index is 3.85. The first-order chi connectivity index (χ1) is 6.18. The fourth-order valence-corrected chi connectivity index (χ4v) is 1.87. The summed E-state index contributed by atoms with van der Waals surface area (Å²) in [7, 11) is -3.42. The highest BCUT2D eigenvalue weighted by molar-refractivity contribution is 7.48. The first-order valence-electron chi connectivity index (χ1n) is 4.28. The molecule has 0 aromatic heterocycles. The highest BCUT2D eigenvalue weighted by Gasteiger charge is 2.24. The van der Waals surface area contributed by atoms with Crippen LogP contribution in [0.25, 0.3) is 0 Å². The van der Waals surface area contributed by atoms with Gasteiger partial charge in [0.2, 0.25) is 0 Å². The first kappa shape index (κ1) is 13.0. The smallest absolute Gasteiger partial charge is 0.287 e. The van der Waals surface area contributed by atoms with Crippen molar-refractivity contribution in [2.45, 2.75) is 20.3 Å².